The highest BCUT2D eigenvalue weighted by Crippen LogP contribution is 2.25. The maximum Gasteiger partial charge on any atom is 0.344 e. The van der Waals surface area contributed by atoms with Crippen LogP contribution in [0.25, 0.3) is 21.7 Å². The van der Waals surface area contributed by atoms with Crippen LogP contribution in [0.15, 0.2) is 51.7 Å². The molecule has 3 aromatic rings. The Morgan fingerprint density at radius 2 is 1.70 bits per heavy atom. The van der Waals surface area contributed by atoms with E-state index in [1.807, 2.05) is 12.1 Å². The lowest BCUT2D eigenvalue weighted by molar-refractivity contribution is 0.570. The zero-order valence-corrected chi connectivity index (χ0v) is 11.4. The van der Waals surface area contributed by atoms with E-state index in [2.05, 4.69) is 4.72 Å². The van der Waals surface area contributed by atoms with Crippen molar-refractivity contribution in [3.63, 3.8) is 0 Å². The Kier molecular flexibility index (Phi) is 2.76. The summed E-state index contributed by atoms with van der Waals surface area (Å²) in [5.74, 6) is 0. The maximum absolute atomic E-state index is 11.9. The van der Waals surface area contributed by atoms with Gasteiger partial charge in [-0.25, -0.2) is 13.2 Å². The van der Waals surface area contributed by atoms with E-state index < -0.39 is 15.6 Å². The number of rotatable bonds is 2. The molecule has 3 rings (SSSR count). The summed E-state index contributed by atoms with van der Waals surface area (Å²) in [7, 11) is -3.37. The topological polar surface area (TPSA) is 76.4 Å². The average Bonchev–Trinajstić information content (AvgIpc) is 2.37. The molecule has 1 N–H and O–H groups in total. The van der Waals surface area contributed by atoms with E-state index in [0.717, 1.165) is 17.0 Å². The quantitative estimate of drug-likeness (QED) is 0.580. The summed E-state index contributed by atoms with van der Waals surface area (Å²) in [5, 5.41) is 2.05. The van der Waals surface area contributed by atoms with E-state index in [1.54, 1.807) is 24.3 Å². The molecule has 102 valence electrons. The van der Waals surface area contributed by atoms with Gasteiger partial charge >= 0.3 is 5.63 Å². The van der Waals surface area contributed by atoms with Crippen LogP contribution in [0.4, 0.5) is 5.69 Å². The fraction of sp³-hybridized carbons (Fsp3) is 0.0714. The third-order valence-corrected chi connectivity index (χ3v) is 3.53. The molecule has 6 heteroatoms. The molecule has 0 radical (unpaired) electrons. The summed E-state index contributed by atoms with van der Waals surface area (Å²) < 4.78 is 30.0. The second-order valence-corrected chi connectivity index (χ2v) is 6.27. The van der Waals surface area contributed by atoms with Gasteiger partial charge in [-0.05, 0) is 23.6 Å². The minimum atomic E-state index is -3.37. The third kappa shape index (κ3) is 2.25. The average molecular weight is 289 g/mol. The molecule has 0 aliphatic heterocycles. The first kappa shape index (κ1) is 12.7. The van der Waals surface area contributed by atoms with Crippen molar-refractivity contribution in [3.8, 4) is 0 Å². The molecule has 0 unspecified atom stereocenters. The number of nitrogens with one attached hydrogen (secondary N) is 1. The van der Waals surface area contributed by atoms with Crippen LogP contribution in [0.5, 0.6) is 0 Å². The Labute approximate surface area is 114 Å². The normalized spacial score (nSPS) is 11.8. The lowest BCUT2D eigenvalue weighted by Gasteiger charge is -2.06. The van der Waals surface area contributed by atoms with Crippen molar-refractivity contribution >= 4 is 37.5 Å². The molecule has 0 aliphatic rings. The Morgan fingerprint density at radius 3 is 2.40 bits per heavy atom. The minimum absolute atomic E-state index is 0.349. The van der Waals surface area contributed by atoms with E-state index in [1.165, 1.54) is 6.07 Å². The van der Waals surface area contributed by atoms with Gasteiger partial charge in [0.25, 0.3) is 0 Å². The van der Waals surface area contributed by atoms with Crippen molar-refractivity contribution in [2.75, 3.05) is 11.0 Å². The standard InChI is InChI=1S/C14H11NO4S/c1-20(17,18)15-9-6-7-11-10-4-2-3-5-12(10)14(16)19-13(11)8-9/h2-8,15H,1H3. The maximum atomic E-state index is 11.9. The second kappa shape index (κ2) is 4.35. The van der Waals surface area contributed by atoms with E-state index in [9.17, 15) is 13.2 Å². The zero-order valence-electron chi connectivity index (χ0n) is 10.6. The number of benzene rings is 2. The SMILES string of the molecule is CS(=O)(=O)Nc1ccc2c(c1)oc(=O)c1ccccc12. The van der Waals surface area contributed by atoms with Crippen molar-refractivity contribution in [2.24, 2.45) is 0 Å². The van der Waals surface area contributed by atoms with Crippen LogP contribution in [0.1, 0.15) is 0 Å². The highest BCUT2D eigenvalue weighted by atomic mass is 32.2. The van der Waals surface area contributed by atoms with Gasteiger partial charge in [0.05, 0.1) is 17.3 Å². The monoisotopic (exact) mass is 289 g/mol. The number of anilines is 1. The van der Waals surface area contributed by atoms with Crippen LogP contribution >= 0.6 is 0 Å². The van der Waals surface area contributed by atoms with Crippen molar-refractivity contribution < 1.29 is 12.8 Å². The Bertz CT molecular complexity index is 973. The molecule has 0 saturated carbocycles. The van der Waals surface area contributed by atoms with Gasteiger partial charge < -0.3 is 4.42 Å². The predicted octanol–water partition coefficient (Wildman–Crippen LogP) is 2.32. The molecule has 0 bridgehead atoms. The first-order valence-electron chi connectivity index (χ1n) is 5.87. The predicted molar refractivity (Wildman–Crippen MR) is 78.5 cm³/mol. The summed E-state index contributed by atoms with van der Waals surface area (Å²) in [6, 6.07) is 12.0. The van der Waals surface area contributed by atoms with Gasteiger partial charge in [-0.1, -0.05) is 18.2 Å². The summed E-state index contributed by atoms with van der Waals surface area (Å²) in [6.07, 6.45) is 1.06. The van der Waals surface area contributed by atoms with Gasteiger partial charge in [-0.2, -0.15) is 0 Å². The Hall–Kier alpha value is -2.34. The third-order valence-electron chi connectivity index (χ3n) is 2.92. The highest BCUT2D eigenvalue weighted by molar-refractivity contribution is 7.92. The van der Waals surface area contributed by atoms with Crippen LogP contribution in [0, 0.1) is 0 Å². The molecular formula is C14H11NO4S. The van der Waals surface area contributed by atoms with Gasteiger partial charge in [-0.3, -0.25) is 4.72 Å². The molecule has 1 aromatic heterocycles. The summed E-state index contributed by atoms with van der Waals surface area (Å²) in [5.41, 5.74) is 0.269. The molecule has 5 nitrogen and oxygen atoms in total. The largest absolute Gasteiger partial charge is 0.422 e. The fourth-order valence-corrected chi connectivity index (χ4v) is 2.71. The summed E-state index contributed by atoms with van der Waals surface area (Å²) in [4.78, 5) is 11.9. The van der Waals surface area contributed by atoms with Crippen molar-refractivity contribution in [1.82, 2.24) is 0 Å². The lowest BCUT2D eigenvalue weighted by atomic mass is 10.1. The van der Waals surface area contributed by atoms with E-state index in [0.29, 0.717) is 16.7 Å². The number of hydrogen-bond acceptors (Lipinski definition) is 4. The fourth-order valence-electron chi connectivity index (χ4n) is 2.16. The van der Waals surface area contributed by atoms with Gasteiger partial charge in [0.2, 0.25) is 10.0 Å². The van der Waals surface area contributed by atoms with Crippen molar-refractivity contribution in [3.05, 3.63) is 52.9 Å². The van der Waals surface area contributed by atoms with Gasteiger partial charge in [-0.15, -0.1) is 0 Å². The van der Waals surface area contributed by atoms with E-state index in [-0.39, 0.29) is 0 Å². The van der Waals surface area contributed by atoms with Gasteiger partial charge in [0.15, 0.2) is 0 Å². The van der Waals surface area contributed by atoms with Gasteiger partial charge in [0, 0.05) is 11.5 Å². The molecule has 0 spiro atoms. The minimum Gasteiger partial charge on any atom is -0.422 e. The van der Waals surface area contributed by atoms with Crippen molar-refractivity contribution in [2.45, 2.75) is 0 Å². The summed E-state index contributed by atoms with van der Waals surface area (Å²) >= 11 is 0. The lowest BCUT2D eigenvalue weighted by Crippen LogP contribution is -2.09. The van der Waals surface area contributed by atoms with Crippen LogP contribution in [0.3, 0.4) is 0 Å². The first-order valence-corrected chi connectivity index (χ1v) is 7.76. The molecular weight excluding hydrogens is 278 g/mol. The Balaban J connectivity index is 2.31. The summed E-state index contributed by atoms with van der Waals surface area (Å²) in [6.45, 7) is 0. The van der Waals surface area contributed by atoms with Crippen LogP contribution < -0.4 is 10.3 Å². The Morgan fingerprint density at radius 1 is 1.00 bits per heavy atom. The molecule has 0 saturated heterocycles. The van der Waals surface area contributed by atoms with E-state index in [4.69, 9.17) is 4.42 Å². The molecule has 2 aromatic carbocycles. The highest BCUT2D eigenvalue weighted by Gasteiger charge is 2.08. The first-order chi connectivity index (χ1) is 9.44. The van der Waals surface area contributed by atoms with Crippen molar-refractivity contribution in [1.29, 1.82) is 0 Å². The molecule has 0 amide bonds. The zero-order chi connectivity index (χ0) is 14.3. The number of sulfonamides is 1. The molecule has 0 aliphatic carbocycles. The molecule has 1 heterocycles. The van der Waals surface area contributed by atoms with E-state index >= 15 is 0 Å². The molecule has 0 fully saturated rings. The smallest absolute Gasteiger partial charge is 0.344 e. The van der Waals surface area contributed by atoms with Gasteiger partial charge in [0.1, 0.15) is 5.58 Å². The number of hydrogen-bond donors (Lipinski definition) is 1. The van der Waals surface area contributed by atoms with Crippen LogP contribution in [-0.2, 0) is 10.0 Å². The van der Waals surface area contributed by atoms with Crippen LogP contribution in [0.2, 0.25) is 0 Å². The molecule has 0 atom stereocenters. The second-order valence-electron chi connectivity index (χ2n) is 4.52. The molecule has 20 heavy (non-hydrogen) atoms. The van der Waals surface area contributed by atoms with Crippen LogP contribution in [-0.4, -0.2) is 14.7 Å². The number of fused-ring (bicyclic) bond motifs is 3.